The van der Waals surface area contributed by atoms with Crippen LogP contribution in [0.3, 0.4) is 0 Å². The van der Waals surface area contributed by atoms with Crippen LogP contribution in [0, 0.1) is 0 Å². The molecule has 3 rings (SSSR count). The van der Waals surface area contributed by atoms with Gasteiger partial charge in [-0.1, -0.05) is 36.4 Å². The van der Waals surface area contributed by atoms with E-state index in [0.29, 0.717) is 6.26 Å². The molecule has 0 aromatic heterocycles. The summed E-state index contributed by atoms with van der Waals surface area (Å²) in [4.78, 5) is 24.9. The fraction of sp³-hybridized carbons (Fsp3) is 0.333. The Hall–Kier alpha value is -2.83. The molecule has 0 aliphatic heterocycles. The van der Waals surface area contributed by atoms with Gasteiger partial charge in [0.2, 0.25) is 0 Å². The first-order valence-corrected chi connectivity index (χ1v) is 11.3. The number of carbonyl (C=O) groups is 2. The van der Waals surface area contributed by atoms with Gasteiger partial charge in [0.15, 0.2) is 12.2 Å². The number of hydrogen-bond acceptors (Lipinski definition) is 10. The number of aliphatic hydroxyl groups is 3. The van der Waals surface area contributed by atoms with E-state index in [1.807, 2.05) is 0 Å². The average molecular weight is 466 g/mol. The second-order valence-electron chi connectivity index (χ2n) is 7.21. The molecular formula is C21H22O10S. The van der Waals surface area contributed by atoms with Crippen LogP contribution in [0.5, 0.6) is 0 Å². The Labute approximate surface area is 184 Å². The molecule has 1 fully saturated rings. The predicted octanol–water partition coefficient (Wildman–Crippen LogP) is -0.121. The summed E-state index contributed by atoms with van der Waals surface area (Å²) in [7, 11) is -4.20. The van der Waals surface area contributed by atoms with Crippen LogP contribution in [0.4, 0.5) is 0 Å². The van der Waals surface area contributed by atoms with E-state index in [2.05, 4.69) is 0 Å². The molecule has 2 aromatic rings. The normalized spacial score (nSPS) is 28.0. The molecule has 11 heteroatoms. The summed E-state index contributed by atoms with van der Waals surface area (Å²) in [6.45, 7) is 0. The van der Waals surface area contributed by atoms with Crippen molar-refractivity contribution < 1.29 is 47.0 Å². The standard InChI is InChI=1S/C21H22O10S/c1-32(27,28)31-19-15(23)17(29-20(25)12-8-4-2-5-9-12)14(22)18(16(19)24)30-21(26)13-10-6-3-7-11-13/h2-11,14-19,22-24H,1H3/t14?,15-,16+,17-,18-,19?/m0/s1. The minimum absolute atomic E-state index is 0.0939. The predicted molar refractivity (Wildman–Crippen MR) is 109 cm³/mol. The van der Waals surface area contributed by atoms with Gasteiger partial charge in [-0.25, -0.2) is 9.59 Å². The molecule has 6 atom stereocenters. The fourth-order valence-corrected chi connectivity index (χ4v) is 3.92. The third kappa shape index (κ3) is 5.50. The second kappa shape index (κ2) is 9.76. The van der Waals surface area contributed by atoms with E-state index in [9.17, 15) is 33.3 Å². The molecule has 1 aliphatic rings. The first-order chi connectivity index (χ1) is 15.1. The Morgan fingerprint density at radius 2 is 1.03 bits per heavy atom. The Kier molecular flexibility index (Phi) is 7.26. The lowest BCUT2D eigenvalue weighted by atomic mass is 9.84. The molecule has 2 unspecified atom stereocenters. The molecule has 32 heavy (non-hydrogen) atoms. The first-order valence-electron chi connectivity index (χ1n) is 9.53. The Morgan fingerprint density at radius 3 is 1.38 bits per heavy atom. The van der Waals surface area contributed by atoms with Gasteiger partial charge in [-0.15, -0.1) is 0 Å². The van der Waals surface area contributed by atoms with Crippen LogP contribution in [0.15, 0.2) is 60.7 Å². The fourth-order valence-electron chi connectivity index (χ4n) is 3.29. The lowest BCUT2D eigenvalue weighted by Crippen LogP contribution is -2.66. The zero-order valence-electron chi connectivity index (χ0n) is 16.8. The smallest absolute Gasteiger partial charge is 0.338 e. The maximum Gasteiger partial charge on any atom is 0.338 e. The maximum absolute atomic E-state index is 12.5. The molecule has 1 saturated carbocycles. The largest absolute Gasteiger partial charge is 0.453 e. The van der Waals surface area contributed by atoms with Crippen molar-refractivity contribution in [2.24, 2.45) is 0 Å². The molecule has 10 nitrogen and oxygen atoms in total. The molecule has 3 N–H and O–H groups in total. The van der Waals surface area contributed by atoms with Crippen molar-refractivity contribution >= 4 is 22.1 Å². The molecule has 0 saturated heterocycles. The molecule has 0 bridgehead atoms. The number of esters is 2. The van der Waals surface area contributed by atoms with Crippen LogP contribution in [-0.4, -0.2) is 78.6 Å². The van der Waals surface area contributed by atoms with Crippen molar-refractivity contribution in [1.29, 1.82) is 0 Å². The van der Waals surface area contributed by atoms with Gasteiger partial charge in [-0.2, -0.15) is 8.42 Å². The number of ether oxygens (including phenoxy) is 2. The zero-order valence-corrected chi connectivity index (χ0v) is 17.7. The summed E-state index contributed by atoms with van der Waals surface area (Å²) < 4.78 is 38.5. The Balaban J connectivity index is 1.89. The Morgan fingerprint density at radius 1 is 0.688 bits per heavy atom. The van der Waals surface area contributed by atoms with E-state index in [4.69, 9.17) is 13.7 Å². The van der Waals surface area contributed by atoms with E-state index in [-0.39, 0.29) is 11.1 Å². The molecule has 172 valence electrons. The van der Waals surface area contributed by atoms with E-state index in [1.54, 1.807) is 36.4 Å². The highest BCUT2D eigenvalue weighted by atomic mass is 32.2. The topological polar surface area (TPSA) is 157 Å². The second-order valence-corrected chi connectivity index (χ2v) is 8.81. The van der Waals surface area contributed by atoms with E-state index < -0.39 is 58.7 Å². The van der Waals surface area contributed by atoms with Gasteiger partial charge in [-0.3, -0.25) is 4.18 Å². The van der Waals surface area contributed by atoms with Crippen molar-refractivity contribution in [3.63, 3.8) is 0 Å². The van der Waals surface area contributed by atoms with Gasteiger partial charge in [0, 0.05) is 0 Å². The van der Waals surface area contributed by atoms with Gasteiger partial charge in [0.25, 0.3) is 10.1 Å². The Bertz CT molecular complexity index is 973. The minimum Gasteiger partial charge on any atom is -0.453 e. The molecule has 0 spiro atoms. The zero-order chi connectivity index (χ0) is 23.5. The van der Waals surface area contributed by atoms with Crippen molar-refractivity contribution in [3.8, 4) is 0 Å². The number of hydrogen-bond donors (Lipinski definition) is 3. The molecular weight excluding hydrogens is 444 g/mol. The number of carbonyl (C=O) groups excluding carboxylic acids is 2. The average Bonchev–Trinajstić information content (AvgIpc) is 2.77. The summed E-state index contributed by atoms with van der Waals surface area (Å²) in [6.07, 6.45) is -10.5. The third-order valence-electron chi connectivity index (χ3n) is 4.81. The van der Waals surface area contributed by atoms with Gasteiger partial charge < -0.3 is 24.8 Å². The van der Waals surface area contributed by atoms with Crippen molar-refractivity contribution in [3.05, 3.63) is 71.8 Å². The highest BCUT2D eigenvalue weighted by Crippen LogP contribution is 2.30. The van der Waals surface area contributed by atoms with Crippen LogP contribution < -0.4 is 0 Å². The molecule has 2 aromatic carbocycles. The number of rotatable bonds is 6. The van der Waals surface area contributed by atoms with Crippen molar-refractivity contribution in [2.75, 3.05) is 6.26 Å². The molecule has 0 amide bonds. The highest BCUT2D eigenvalue weighted by Gasteiger charge is 2.55. The van der Waals surface area contributed by atoms with Crippen LogP contribution in [0.2, 0.25) is 0 Å². The molecule has 1 aliphatic carbocycles. The van der Waals surface area contributed by atoms with E-state index in [0.717, 1.165) is 0 Å². The third-order valence-corrected chi connectivity index (χ3v) is 5.38. The SMILES string of the molecule is CS(=O)(=O)OC1[C@@H](O)[C@@H](OC(=O)c2ccccc2)C(O)[C@H](OC(=O)c2ccccc2)[C@H]1O. The van der Waals surface area contributed by atoms with Gasteiger partial charge >= 0.3 is 11.9 Å². The lowest BCUT2D eigenvalue weighted by Gasteiger charge is -2.43. The summed E-state index contributed by atoms with van der Waals surface area (Å²) in [5, 5.41) is 31.8. The monoisotopic (exact) mass is 466 g/mol. The lowest BCUT2D eigenvalue weighted by molar-refractivity contribution is -0.216. The van der Waals surface area contributed by atoms with Gasteiger partial charge in [0.05, 0.1) is 17.4 Å². The molecule has 0 radical (unpaired) electrons. The summed E-state index contributed by atoms with van der Waals surface area (Å²) in [6, 6.07) is 15.3. The maximum atomic E-state index is 12.5. The minimum atomic E-state index is -4.20. The number of benzene rings is 2. The molecule has 0 heterocycles. The van der Waals surface area contributed by atoms with Gasteiger partial charge in [-0.05, 0) is 24.3 Å². The van der Waals surface area contributed by atoms with Crippen LogP contribution in [-0.2, 0) is 23.8 Å². The van der Waals surface area contributed by atoms with Crippen molar-refractivity contribution in [1.82, 2.24) is 0 Å². The summed E-state index contributed by atoms with van der Waals surface area (Å²) in [5.74, 6) is -1.87. The quantitative estimate of drug-likeness (QED) is 0.387. The van der Waals surface area contributed by atoms with E-state index in [1.165, 1.54) is 24.3 Å². The highest BCUT2D eigenvalue weighted by molar-refractivity contribution is 7.86. The van der Waals surface area contributed by atoms with Crippen molar-refractivity contribution in [2.45, 2.75) is 36.6 Å². The van der Waals surface area contributed by atoms with E-state index >= 15 is 0 Å². The van der Waals surface area contributed by atoms with Crippen LogP contribution in [0.1, 0.15) is 20.7 Å². The summed E-state index contributed by atoms with van der Waals surface area (Å²) >= 11 is 0. The first kappa shape index (κ1) is 23.8. The summed E-state index contributed by atoms with van der Waals surface area (Å²) in [5.41, 5.74) is 0.188. The van der Waals surface area contributed by atoms with Gasteiger partial charge in [0.1, 0.15) is 24.4 Å². The van der Waals surface area contributed by atoms with Crippen LogP contribution >= 0.6 is 0 Å². The van der Waals surface area contributed by atoms with Crippen LogP contribution in [0.25, 0.3) is 0 Å². The number of aliphatic hydroxyl groups excluding tert-OH is 3.